The number of allylic oxidation sites excluding steroid dienone is 1. The molecule has 14 nitrogen and oxygen atoms in total. The molecule has 4 heterocycles. The lowest BCUT2D eigenvalue weighted by molar-refractivity contribution is -0.141. The largest absolute Gasteiger partial charge is 0.472 e. The number of hydrogen-bond donors (Lipinski definition) is 3. The minimum atomic E-state index is -3.91. The highest BCUT2D eigenvalue weighted by atomic mass is 35.5. The van der Waals surface area contributed by atoms with Crippen LogP contribution in [0.1, 0.15) is 78.6 Å². The molecule has 2 saturated carbocycles. The summed E-state index contributed by atoms with van der Waals surface area (Å²) >= 11 is 6.48. The highest BCUT2D eigenvalue weighted by Gasteiger charge is 2.62. The molecule has 3 N–H and O–H groups in total. The zero-order chi connectivity index (χ0) is 40.3. The Balaban J connectivity index is 1.15. The number of rotatable bonds is 6. The van der Waals surface area contributed by atoms with E-state index in [1.165, 1.54) is 4.90 Å². The number of benzene rings is 2. The van der Waals surface area contributed by atoms with Crippen molar-refractivity contribution in [3.63, 3.8) is 0 Å². The van der Waals surface area contributed by atoms with Crippen molar-refractivity contribution in [1.82, 2.24) is 25.2 Å². The molecule has 302 valence electrons. The predicted molar refractivity (Wildman–Crippen MR) is 213 cm³/mol. The van der Waals surface area contributed by atoms with Crippen LogP contribution < -0.4 is 20.1 Å². The Kier molecular flexibility index (Phi) is 10.1. The Bertz CT molecular complexity index is 2420. The van der Waals surface area contributed by atoms with E-state index in [2.05, 4.69) is 15.4 Å². The maximum atomic E-state index is 14.6. The summed E-state index contributed by atoms with van der Waals surface area (Å²) in [7, 11) is -3.91. The molecule has 57 heavy (non-hydrogen) atoms. The second-order valence-corrected chi connectivity index (χ2v) is 19.0. The number of amides is 4. The SMILES string of the molecule is CC(C)(C)OC(=O)N[C@H]1CCCCC/C=C\[C@@H]2C[C@@]2(C(=O)NS(=O)(=O)C2CC2)NC(=O)[C@@H]2C[C@@H](Oc3nc4c5ccccc5oc4c4ccc(Cl)cc34)CN2C1=O. The molecule has 0 unspecified atom stereocenters. The van der Waals surface area contributed by atoms with E-state index in [0.29, 0.717) is 64.6 Å². The van der Waals surface area contributed by atoms with Gasteiger partial charge in [-0.25, -0.2) is 18.2 Å². The molecule has 8 rings (SSSR count). The highest BCUT2D eigenvalue weighted by molar-refractivity contribution is 7.91. The molecule has 2 aliphatic heterocycles. The molecular formula is C41H46ClN5O9S. The summed E-state index contributed by atoms with van der Waals surface area (Å²) in [5.41, 5.74) is -0.584. The Labute approximate surface area is 335 Å². The van der Waals surface area contributed by atoms with Crippen molar-refractivity contribution in [2.45, 2.75) is 113 Å². The van der Waals surface area contributed by atoms with Gasteiger partial charge in [0.1, 0.15) is 40.4 Å². The number of alkyl carbamates (subject to hydrolysis) is 1. The highest BCUT2D eigenvalue weighted by Crippen LogP contribution is 2.46. The number of aromatic nitrogens is 1. The average molecular weight is 820 g/mol. The Morgan fingerprint density at radius 3 is 2.60 bits per heavy atom. The standard InChI is InChI=1S/C41H46ClN5O9S/c1-40(2,3)56-39(51)43-30-13-8-6-4-5-7-11-23-21-41(23,38(50)46-57(52,53)26-16-17-26)45-35(48)31-20-25(22-47(31)37(30)49)54-36-29-19-24(42)15-18-27(29)34-33(44-36)28-12-9-10-14-32(28)55-34/h7,9-12,14-15,18-19,23,25-26,30-31H,4-6,8,13,16-17,20-22H2,1-3H3,(H,43,51)(H,45,48)(H,46,50)/b11-7-/t23-,25-,30+,31+,41-/m1/s1. The van der Waals surface area contributed by atoms with Crippen LogP contribution in [0.2, 0.25) is 5.02 Å². The number of furan rings is 1. The van der Waals surface area contributed by atoms with Gasteiger partial charge in [-0.3, -0.25) is 19.1 Å². The molecule has 2 aromatic heterocycles. The van der Waals surface area contributed by atoms with Gasteiger partial charge in [0.15, 0.2) is 5.58 Å². The molecule has 16 heteroatoms. The third-order valence-corrected chi connectivity index (χ3v) is 13.1. The van der Waals surface area contributed by atoms with Crippen LogP contribution in [0.25, 0.3) is 32.8 Å². The number of para-hydroxylation sites is 1. The first-order valence-electron chi connectivity index (χ1n) is 19.5. The summed E-state index contributed by atoms with van der Waals surface area (Å²) in [6.45, 7) is 5.12. The van der Waals surface area contributed by atoms with Crippen molar-refractivity contribution >= 4 is 78.3 Å². The normalized spacial score (nSPS) is 26.5. The Hall–Kier alpha value is -4.89. The molecule has 4 aromatic rings. The fourth-order valence-corrected chi connectivity index (χ4v) is 9.46. The minimum absolute atomic E-state index is 0.00319. The van der Waals surface area contributed by atoms with E-state index in [9.17, 15) is 27.6 Å². The van der Waals surface area contributed by atoms with Crippen molar-refractivity contribution in [3.05, 3.63) is 59.6 Å². The van der Waals surface area contributed by atoms with E-state index in [0.717, 1.165) is 18.2 Å². The second-order valence-electron chi connectivity index (χ2n) is 16.6. The van der Waals surface area contributed by atoms with Crippen LogP contribution in [0.3, 0.4) is 0 Å². The van der Waals surface area contributed by atoms with E-state index in [1.54, 1.807) is 32.9 Å². The minimum Gasteiger partial charge on any atom is -0.472 e. The molecule has 1 saturated heterocycles. The third kappa shape index (κ3) is 8.00. The molecule has 2 aliphatic carbocycles. The molecule has 4 amide bonds. The monoisotopic (exact) mass is 819 g/mol. The molecule has 0 radical (unpaired) electrons. The number of sulfonamides is 1. The second kappa shape index (κ2) is 14.8. The van der Waals surface area contributed by atoms with Gasteiger partial charge >= 0.3 is 6.09 Å². The summed E-state index contributed by atoms with van der Waals surface area (Å²) < 4.78 is 46.4. The van der Waals surface area contributed by atoms with Crippen LogP contribution in [-0.4, -0.2) is 83.2 Å². The number of halogens is 1. The molecular weight excluding hydrogens is 774 g/mol. The van der Waals surface area contributed by atoms with Crippen LogP contribution in [0.15, 0.2) is 59.0 Å². The number of nitrogens with one attached hydrogen (secondary N) is 3. The summed E-state index contributed by atoms with van der Waals surface area (Å²) in [5.74, 6) is -2.18. The molecule has 5 atom stereocenters. The first kappa shape index (κ1) is 39.0. The number of carbonyl (C=O) groups excluding carboxylic acids is 4. The zero-order valence-corrected chi connectivity index (χ0v) is 33.6. The summed E-state index contributed by atoms with van der Waals surface area (Å²) in [4.78, 5) is 62.3. The maximum absolute atomic E-state index is 14.6. The van der Waals surface area contributed by atoms with E-state index in [4.69, 9.17) is 30.5 Å². The molecule has 0 spiro atoms. The van der Waals surface area contributed by atoms with E-state index in [-0.39, 0.29) is 25.3 Å². The van der Waals surface area contributed by atoms with Crippen LogP contribution in [-0.2, 0) is 29.1 Å². The summed E-state index contributed by atoms with van der Waals surface area (Å²) in [6.07, 6.45) is 6.49. The summed E-state index contributed by atoms with van der Waals surface area (Å²) in [6, 6.07) is 10.6. The van der Waals surface area contributed by atoms with E-state index < -0.39 is 74.3 Å². The Morgan fingerprint density at radius 2 is 1.82 bits per heavy atom. The number of carbonyl (C=O) groups is 4. The van der Waals surface area contributed by atoms with Gasteiger partial charge in [-0.15, -0.1) is 0 Å². The van der Waals surface area contributed by atoms with Crippen LogP contribution in [0, 0.1) is 5.92 Å². The van der Waals surface area contributed by atoms with Gasteiger partial charge in [0.25, 0.3) is 5.91 Å². The third-order valence-electron chi connectivity index (χ3n) is 11.1. The van der Waals surface area contributed by atoms with Gasteiger partial charge in [0.05, 0.1) is 11.8 Å². The fourth-order valence-electron chi connectivity index (χ4n) is 7.92. The first-order valence-corrected chi connectivity index (χ1v) is 21.5. The average Bonchev–Trinajstić information content (AvgIpc) is 4.05. The van der Waals surface area contributed by atoms with Crippen LogP contribution in [0.5, 0.6) is 5.88 Å². The van der Waals surface area contributed by atoms with Crippen molar-refractivity contribution in [1.29, 1.82) is 0 Å². The topological polar surface area (TPSA) is 186 Å². The van der Waals surface area contributed by atoms with Crippen LogP contribution >= 0.6 is 11.6 Å². The number of fused-ring (bicyclic) bond motifs is 7. The first-order chi connectivity index (χ1) is 27.1. The lowest BCUT2D eigenvalue weighted by Crippen LogP contribution is -2.58. The van der Waals surface area contributed by atoms with Crippen molar-refractivity contribution < 1.29 is 41.5 Å². The molecule has 4 aliphatic rings. The molecule has 3 fully saturated rings. The van der Waals surface area contributed by atoms with Crippen molar-refractivity contribution in [2.75, 3.05) is 6.54 Å². The lowest BCUT2D eigenvalue weighted by Gasteiger charge is -2.30. The van der Waals surface area contributed by atoms with Gasteiger partial charge < -0.3 is 29.4 Å². The molecule has 2 aromatic carbocycles. The summed E-state index contributed by atoms with van der Waals surface area (Å²) in [5, 5.41) is 7.49. The maximum Gasteiger partial charge on any atom is 0.408 e. The number of nitrogens with zero attached hydrogens (tertiary/aromatic N) is 2. The van der Waals surface area contributed by atoms with E-state index >= 15 is 0 Å². The predicted octanol–water partition coefficient (Wildman–Crippen LogP) is 6.03. The van der Waals surface area contributed by atoms with Gasteiger partial charge in [0, 0.05) is 33.5 Å². The van der Waals surface area contributed by atoms with Gasteiger partial charge in [-0.05, 0) is 89.6 Å². The number of ether oxygens (including phenoxy) is 2. The van der Waals surface area contributed by atoms with Gasteiger partial charge in [-0.1, -0.05) is 48.7 Å². The molecule has 0 bridgehead atoms. The van der Waals surface area contributed by atoms with Crippen molar-refractivity contribution in [2.24, 2.45) is 5.92 Å². The van der Waals surface area contributed by atoms with E-state index in [1.807, 2.05) is 42.5 Å². The smallest absolute Gasteiger partial charge is 0.408 e. The van der Waals surface area contributed by atoms with Crippen molar-refractivity contribution in [3.8, 4) is 5.88 Å². The lowest BCUT2D eigenvalue weighted by atomic mass is 10.0. The Morgan fingerprint density at radius 1 is 1.04 bits per heavy atom. The fraction of sp³-hybridized carbons (Fsp3) is 0.488. The quantitative estimate of drug-likeness (QED) is 0.194. The van der Waals surface area contributed by atoms with Crippen LogP contribution in [0.4, 0.5) is 4.79 Å². The number of hydrogen-bond acceptors (Lipinski definition) is 10. The zero-order valence-electron chi connectivity index (χ0n) is 32.0. The van der Waals surface area contributed by atoms with Gasteiger partial charge in [-0.2, -0.15) is 0 Å². The number of pyridine rings is 1. The van der Waals surface area contributed by atoms with Gasteiger partial charge in [0.2, 0.25) is 27.7 Å².